The third kappa shape index (κ3) is 3.93. The van der Waals surface area contributed by atoms with E-state index in [1.54, 1.807) is 29.7 Å². The summed E-state index contributed by atoms with van der Waals surface area (Å²) in [6, 6.07) is 12.9. The monoisotopic (exact) mass is 497 g/mol. The quantitative estimate of drug-likeness (QED) is 0.426. The molecule has 5 rings (SSSR count). The van der Waals surface area contributed by atoms with Crippen LogP contribution in [-0.2, 0) is 4.79 Å². The van der Waals surface area contributed by atoms with E-state index < -0.39 is 12.0 Å². The Bertz CT molecular complexity index is 1540. The summed E-state index contributed by atoms with van der Waals surface area (Å²) in [5.74, 6) is 1.01. The van der Waals surface area contributed by atoms with Gasteiger partial charge in [0.2, 0.25) is 0 Å². The van der Waals surface area contributed by atoms with Crippen LogP contribution in [0.3, 0.4) is 0 Å². The topological polar surface area (TPSA) is 120 Å². The van der Waals surface area contributed by atoms with Crippen LogP contribution in [0.5, 0.6) is 0 Å². The summed E-state index contributed by atoms with van der Waals surface area (Å²) in [7, 11) is 1.91. The van der Waals surface area contributed by atoms with Gasteiger partial charge in [0.25, 0.3) is 0 Å². The van der Waals surface area contributed by atoms with Crippen molar-refractivity contribution < 1.29 is 9.90 Å². The number of aliphatic imine (C=N–C) groups is 1. The molecular weight excluding hydrogens is 474 g/mol. The third-order valence-corrected chi connectivity index (χ3v) is 7.55. The molecule has 0 radical (unpaired) electrons. The average Bonchev–Trinajstić information content (AvgIpc) is 3.35. The van der Waals surface area contributed by atoms with Crippen LogP contribution in [-0.4, -0.2) is 43.6 Å². The number of carboxylic acids is 1. The molecule has 3 aromatic heterocycles. The van der Waals surface area contributed by atoms with Gasteiger partial charge in [-0.2, -0.15) is 5.26 Å². The molecule has 180 valence electrons. The molecule has 1 aliphatic heterocycles. The van der Waals surface area contributed by atoms with Gasteiger partial charge in [0.05, 0.1) is 17.7 Å². The first-order valence-electron chi connectivity index (χ1n) is 11.3. The van der Waals surface area contributed by atoms with Crippen LogP contribution in [0.4, 0.5) is 11.5 Å². The molecule has 1 N–H and O–H groups in total. The Hall–Kier alpha value is -4.36. The van der Waals surface area contributed by atoms with Crippen molar-refractivity contribution in [3.63, 3.8) is 0 Å². The molecule has 0 aliphatic carbocycles. The van der Waals surface area contributed by atoms with E-state index in [2.05, 4.69) is 35.1 Å². The highest BCUT2D eigenvalue weighted by Crippen LogP contribution is 2.39. The van der Waals surface area contributed by atoms with Gasteiger partial charge in [-0.05, 0) is 50.6 Å². The summed E-state index contributed by atoms with van der Waals surface area (Å²) in [6.45, 7) is 6.01. The minimum Gasteiger partial charge on any atom is -0.481 e. The first kappa shape index (κ1) is 23.4. The van der Waals surface area contributed by atoms with Crippen LogP contribution >= 0.6 is 11.3 Å². The fourth-order valence-corrected chi connectivity index (χ4v) is 5.53. The normalized spacial score (nSPS) is 14.3. The summed E-state index contributed by atoms with van der Waals surface area (Å²) in [6.07, 6.45) is 1.37. The Morgan fingerprint density at radius 2 is 1.92 bits per heavy atom. The molecule has 1 aromatic carbocycles. The second-order valence-corrected chi connectivity index (χ2v) is 9.82. The van der Waals surface area contributed by atoms with Crippen molar-refractivity contribution in [2.45, 2.75) is 33.2 Å². The number of hydrogen-bond donors (Lipinski definition) is 1. The standard InChI is InChI=1S/C26H23N7O2S/c1-14-15(2)36-26-23(14)24(29-20(11-22(34)35)25-31-30-16(3)33(25)26)18-6-8-19(9-7-18)32(4)21-10-5-17(12-27)13-28-21/h5-10,13,20H,11H2,1-4H3,(H,34,35)/t20-/m0/s1. The van der Waals surface area contributed by atoms with Gasteiger partial charge < -0.3 is 10.0 Å². The molecule has 0 bridgehead atoms. The maximum Gasteiger partial charge on any atom is 0.306 e. The number of carbonyl (C=O) groups is 1. The van der Waals surface area contributed by atoms with Gasteiger partial charge in [-0.3, -0.25) is 14.4 Å². The number of fused-ring (bicyclic) bond motifs is 3. The minimum absolute atomic E-state index is 0.181. The SMILES string of the molecule is Cc1sc2c(c1C)C(c1ccc(N(C)c3ccc(C#N)cn3)cc1)=N[C@@H](CC(=O)O)c1nnc(C)n1-2. The average molecular weight is 498 g/mol. The first-order valence-corrected chi connectivity index (χ1v) is 12.1. The number of aliphatic carboxylic acids is 1. The van der Waals surface area contributed by atoms with Gasteiger partial charge >= 0.3 is 5.97 Å². The predicted octanol–water partition coefficient (Wildman–Crippen LogP) is 4.66. The van der Waals surface area contributed by atoms with Gasteiger partial charge in [0.15, 0.2) is 5.82 Å². The van der Waals surface area contributed by atoms with E-state index in [-0.39, 0.29) is 6.42 Å². The molecule has 1 aliphatic rings. The highest BCUT2D eigenvalue weighted by Gasteiger charge is 2.32. The van der Waals surface area contributed by atoms with Crippen molar-refractivity contribution in [2.75, 3.05) is 11.9 Å². The number of aryl methyl sites for hydroxylation is 2. The second kappa shape index (κ2) is 9.02. The zero-order chi connectivity index (χ0) is 25.6. The number of carboxylic acid groups (broad SMARTS) is 1. The number of rotatable bonds is 5. The fraction of sp³-hybridized carbons (Fsp3) is 0.231. The molecule has 4 aromatic rings. The van der Waals surface area contributed by atoms with E-state index in [0.717, 1.165) is 43.8 Å². The Kier molecular flexibility index (Phi) is 5.86. The lowest BCUT2D eigenvalue weighted by molar-refractivity contribution is -0.137. The largest absolute Gasteiger partial charge is 0.481 e. The third-order valence-electron chi connectivity index (χ3n) is 6.36. The first-order chi connectivity index (χ1) is 17.3. The second-order valence-electron chi connectivity index (χ2n) is 8.62. The highest BCUT2D eigenvalue weighted by atomic mass is 32.1. The molecule has 0 spiro atoms. The number of nitriles is 1. The molecule has 36 heavy (non-hydrogen) atoms. The smallest absolute Gasteiger partial charge is 0.306 e. The summed E-state index contributed by atoms with van der Waals surface area (Å²) in [4.78, 5) is 24.1. The molecule has 0 saturated heterocycles. The number of pyridine rings is 1. The van der Waals surface area contributed by atoms with E-state index in [0.29, 0.717) is 17.2 Å². The maximum absolute atomic E-state index is 11.7. The summed E-state index contributed by atoms with van der Waals surface area (Å²) < 4.78 is 1.95. The molecule has 4 heterocycles. The van der Waals surface area contributed by atoms with Crippen molar-refractivity contribution in [2.24, 2.45) is 4.99 Å². The minimum atomic E-state index is -0.944. The van der Waals surface area contributed by atoms with Crippen molar-refractivity contribution in [3.05, 3.63) is 81.4 Å². The fourth-order valence-electron chi connectivity index (χ4n) is 4.32. The van der Waals surface area contributed by atoms with Crippen LogP contribution in [0.1, 0.15) is 51.2 Å². The van der Waals surface area contributed by atoms with Crippen LogP contribution in [0.15, 0.2) is 47.6 Å². The number of nitrogens with zero attached hydrogens (tertiary/aromatic N) is 7. The van der Waals surface area contributed by atoms with Crippen LogP contribution in [0.2, 0.25) is 0 Å². The lowest BCUT2D eigenvalue weighted by atomic mass is 9.99. The van der Waals surface area contributed by atoms with Crippen molar-refractivity contribution >= 4 is 34.5 Å². The van der Waals surface area contributed by atoms with Gasteiger partial charge in [0, 0.05) is 34.9 Å². The Labute approximate surface area is 212 Å². The molecule has 0 fully saturated rings. The number of benzene rings is 1. The van der Waals surface area contributed by atoms with Crippen molar-refractivity contribution in [3.8, 4) is 11.1 Å². The summed E-state index contributed by atoms with van der Waals surface area (Å²) in [5, 5.41) is 28.1. The van der Waals surface area contributed by atoms with Crippen LogP contribution in [0.25, 0.3) is 5.00 Å². The molecule has 0 amide bonds. The number of aromatic nitrogens is 4. The lowest BCUT2D eigenvalue weighted by Crippen LogP contribution is -2.12. The zero-order valence-corrected chi connectivity index (χ0v) is 21.0. The van der Waals surface area contributed by atoms with Crippen molar-refractivity contribution in [1.82, 2.24) is 19.7 Å². The Balaban J connectivity index is 1.60. The van der Waals surface area contributed by atoms with E-state index in [9.17, 15) is 9.90 Å². The molecule has 10 heteroatoms. The maximum atomic E-state index is 11.7. The van der Waals surface area contributed by atoms with Crippen LogP contribution < -0.4 is 4.90 Å². The van der Waals surface area contributed by atoms with E-state index in [4.69, 9.17) is 10.3 Å². The Morgan fingerprint density at radius 1 is 1.17 bits per heavy atom. The summed E-state index contributed by atoms with van der Waals surface area (Å²) in [5.41, 5.74) is 5.13. The zero-order valence-electron chi connectivity index (χ0n) is 20.2. The summed E-state index contributed by atoms with van der Waals surface area (Å²) >= 11 is 1.63. The van der Waals surface area contributed by atoms with Crippen LogP contribution in [0, 0.1) is 32.1 Å². The van der Waals surface area contributed by atoms with Gasteiger partial charge in [-0.1, -0.05) is 12.1 Å². The number of thiophene rings is 1. The van der Waals surface area contributed by atoms with E-state index >= 15 is 0 Å². The van der Waals surface area contributed by atoms with Gasteiger partial charge in [-0.25, -0.2) is 4.98 Å². The highest BCUT2D eigenvalue weighted by molar-refractivity contribution is 7.15. The molecular formula is C26H23N7O2S. The predicted molar refractivity (Wildman–Crippen MR) is 138 cm³/mol. The van der Waals surface area contributed by atoms with E-state index in [1.807, 2.05) is 47.7 Å². The van der Waals surface area contributed by atoms with Gasteiger partial charge in [0.1, 0.15) is 28.8 Å². The molecule has 0 unspecified atom stereocenters. The lowest BCUT2D eigenvalue weighted by Gasteiger charge is -2.19. The molecule has 1 atom stereocenters. The number of hydrogen-bond acceptors (Lipinski definition) is 8. The number of anilines is 2. The van der Waals surface area contributed by atoms with Gasteiger partial charge in [-0.15, -0.1) is 21.5 Å². The van der Waals surface area contributed by atoms with E-state index in [1.165, 1.54) is 0 Å². The van der Waals surface area contributed by atoms with Crippen molar-refractivity contribution in [1.29, 1.82) is 5.26 Å². The Morgan fingerprint density at radius 3 is 2.56 bits per heavy atom. The molecule has 0 saturated carbocycles. The molecule has 9 nitrogen and oxygen atoms in total.